The second-order valence-corrected chi connectivity index (χ2v) is 10.7. The number of nitrogens with one attached hydrogen (secondary N) is 1. The lowest BCUT2D eigenvalue weighted by Gasteiger charge is -2.17. The highest BCUT2D eigenvalue weighted by Crippen LogP contribution is 2.33. The predicted octanol–water partition coefficient (Wildman–Crippen LogP) is 2.40. The van der Waals surface area contributed by atoms with Crippen molar-refractivity contribution in [3.8, 4) is 0 Å². The zero-order valence-electron chi connectivity index (χ0n) is 17.4. The Morgan fingerprint density at radius 1 is 1.24 bits per heavy atom. The molecule has 0 spiro atoms. The average molecular weight is 553 g/mol. The molecule has 1 fully saturated rings. The molecule has 3 aromatic heterocycles. The van der Waals surface area contributed by atoms with Crippen molar-refractivity contribution in [3.05, 3.63) is 35.3 Å². The quantitative estimate of drug-likeness (QED) is 0.199. The molecule has 0 saturated carbocycles. The van der Waals surface area contributed by atoms with Crippen LogP contribution in [0.1, 0.15) is 13.2 Å². The molecule has 33 heavy (non-hydrogen) atoms. The highest BCUT2D eigenvalue weighted by molar-refractivity contribution is 9.10. The van der Waals surface area contributed by atoms with Gasteiger partial charge in [0.1, 0.15) is 18.3 Å². The molecule has 1 aliphatic rings. The maximum Gasteiger partial charge on any atom is 0.200 e. The molecule has 10 nitrogen and oxygen atoms in total. The van der Waals surface area contributed by atoms with Crippen molar-refractivity contribution in [2.24, 2.45) is 0 Å². The number of aromatic nitrogens is 5. The fraction of sp³-hybridized carbons (Fsp3) is 0.400. The Hall–Kier alpha value is -1.87. The van der Waals surface area contributed by atoms with Crippen molar-refractivity contribution in [3.63, 3.8) is 0 Å². The van der Waals surface area contributed by atoms with Crippen molar-refractivity contribution in [1.29, 1.82) is 0 Å². The van der Waals surface area contributed by atoms with Crippen LogP contribution in [0.15, 0.2) is 39.7 Å². The van der Waals surface area contributed by atoms with E-state index < -0.39 is 31.1 Å². The first-order valence-corrected chi connectivity index (χ1v) is 12.8. The molecule has 1 aliphatic heterocycles. The van der Waals surface area contributed by atoms with E-state index in [1.54, 1.807) is 23.1 Å². The Morgan fingerprint density at radius 3 is 2.82 bits per heavy atom. The fourth-order valence-electron chi connectivity index (χ4n) is 3.67. The van der Waals surface area contributed by atoms with Crippen LogP contribution in [0.25, 0.3) is 21.4 Å². The number of ether oxygens (including phenoxy) is 1. The van der Waals surface area contributed by atoms with E-state index in [1.165, 1.54) is 10.9 Å². The van der Waals surface area contributed by atoms with Crippen LogP contribution < -0.4 is 5.32 Å². The molecule has 1 saturated heterocycles. The number of para-hydroxylation sites is 1. The van der Waals surface area contributed by atoms with E-state index in [1.807, 2.05) is 25.1 Å². The number of halogens is 1. The van der Waals surface area contributed by atoms with Crippen molar-refractivity contribution in [2.45, 2.75) is 41.8 Å². The van der Waals surface area contributed by atoms with Crippen LogP contribution in [0.4, 0.5) is 5.82 Å². The number of aliphatic hydroxyl groups is 3. The zero-order chi connectivity index (χ0) is 23.1. The van der Waals surface area contributed by atoms with E-state index >= 15 is 0 Å². The molecule has 0 aliphatic carbocycles. The number of hydrogen-bond donors (Lipinski definition) is 4. The van der Waals surface area contributed by atoms with Crippen LogP contribution in [0.3, 0.4) is 0 Å². The van der Waals surface area contributed by atoms with Gasteiger partial charge >= 0.3 is 0 Å². The topological polar surface area (TPSA) is 138 Å². The summed E-state index contributed by atoms with van der Waals surface area (Å²) < 4.78 is 9.68. The Kier molecular flexibility index (Phi) is 6.53. The number of fused-ring (bicyclic) bond motifs is 2. The third-order valence-electron chi connectivity index (χ3n) is 5.30. The molecule has 13 heteroatoms. The molecule has 4 aromatic rings. The summed E-state index contributed by atoms with van der Waals surface area (Å²) in [5.74, 6) is 1.30. The SMILES string of the molecule is C[C@H](CSc1nc2ccccc2s1)Nc1nc(Br)nc2c1ncn2[C@@H]1O[C@H](CO)C(O)C1O. The maximum absolute atomic E-state index is 10.4. The van der Waals surface area contributed by atoms with E-state index in [0.717, 1.165) is 20.3 Å². The lowest BCUT2D eigenvalue weighted by Crippen LogP contribution is -2.33. The molecule has 0 amide bonds. The molecule has 4 N–H and O–H groups in total. The summed E-state index contributed by atoms with van der Waals surface area (Å²) >= 11 is 6.68. The molecule has 174 valence electrons. The summed E-state index contributed by atoms with van der Waals surface area (Å²) in [5, 5.41) is 33.2. The van der Waals surface area contributed by atoms with Crippen molar-refractivity contribution in [2.75, 3.05) is 17.7 Å². The number of nitrogens with zero attached hydrogens (tertiary/aromatic N) is 5. The van der Waals surface area contributed by atoms with Gasteiger partial charge in [-0.1, -0.05) is 23.9 Å². The Balaban J connectivity index is 1.34. The average Bonchev–Trinajstić information content (AvgIpc) is 3.48. The Labute approximate surface area is 205 Å². The van der Waals surface area contributed by atoms with Crippen molar-refractivity contribution >= 4 is 66.2 Å². The molecule has 5 rings (SSSR count). The van der Waals surface area contributed by atoms with Crippen LogP contribution in [-0.4, -0.2) is 76.5 Å². The Bertz CT molecular complexity index is 1250. The predicted molar refractivity (Wildman–Crippen MR) is 129 cm³/mol. The van der Waals surface area contributed by atoms with Crippen LogP contribution in [0.5, 0.6) is 0 Å². The first-order chi connectivity index (χ1) is 15.9. The number of rotatable bonds is 7. The van der Waals surface area contributed by atoms with E-state index in [9.17, 15) is 15.3 Å². The second-order valence-electron chi connectivity index (χ2n) is 7.70. The monoisotopic (exact) mass is 552 g/mol. The first kappa shape index (κ1) is 22.9. The minimum Gasteiger partial charge on any atom is -0.394 e. The van der Waals surface area contributed by atoms with Gasteiger partial charge in [-0.15, -0.1) is 11.3 Å². The minimum absolute atomic E-state index is 0.0473. The first-order valence-electron chi connectivity index (χ1n) is 10.2. The lowest BCUT2D eigenvalue weighted by molar-refractivity contribution is -0.0511. The van der Waals surface area contributed by atoms with E-state index in [2.05, 4.69) is 47.2 Å². The van der Waals surface area contributed by atoms with E-state index in [0.29, 0.717) is 21.7 Å². The Morgan fingerprint density at radius 2 is 2.06 bits per heavy atom. The lowest BCUT2D eigenvalue weighted by atomic mass is 10.1. The highest BCUT2D eigenvalue weighted by atomic mass is 79.9. The molecule has 0 radical (unpaired) electrons. The summed E-state index contributed by atoms with van der Waals surface area (Å²) in [4.78, 5) is 17.9. The highest BCUT2D eigenvalue weighted by Gasteiger charge is 2.44. The van der Waals surface area contributed by atoms with Gasteiger partial charge in [-0.25, -0.2) is 19.9 Å². The van der Waals surface area contributed by atoms with Crippen LogP contribution in [0, 0.1) is 0 Å². The third-order valence-corrected chi connectivity index (χ3v) is 8.09. The molecular weight excluding hydrogens is 532 g/mol. The van der Waals surface area contributed by atoms with Gasteiger partial charge in [0.05, 0.1) is 23.2 Å². The number of thioether (sulfide) groups is 1. The summed E-state index contributed by atoms with van der Waals surface area (Å²) in [5.41, 5.74) is 1.94. The van der Waals surface area contributed by atoms with Crippen molar-refractivity contribution < 1.29 is 20.1 Å². The summed E-state index contributed by atoms with van der Waals surface area (Å²) in [6.45, 7) is 1.64. The number of hydrogen-bond acceptors (Lipinski definition) is 11. The normalized spacial score (nSPS) is 24.0. The largest absolute Gasteiger partial charge is 0.394 e. The summed E-state index contributed by atoms with van der Waals surface area (Å²) in [6, 6.07) is 8.12. The fourth-order valence-corrected chi connectivity index (χ4v) is 6.06. The van der Waals surface area contributed by atoms with Gasteiger partial charge in [-0.05, 0) is 35.0 Å². The van der Waals surface area contributed by atoms with E-state index in [4.69, 9.17) is 4.74 Å². The third kappa shape index (κ3) is 4.46. The van der Waals surface area contributed by atoms with Gasteiger partial charge in [0.15, 0.2) is 27.5 Å². The van der Waals surface area contributed by atoms with Gasteiger partial charge in [-0.2, -0.15) is 0 Å². The second kappa shape index (κ2) is 9.41. The summed E-state index contributed by atoms with van der Waals surface area (Å²) in [6.07, 6.45) is -2.76. The summed E-state index contributed by atoms with van der Waals surface area (Å²) in [7, 11) is 0. The van der Waals surface area contributed by atoms with Crippen LogP contribution in [-0.2, 0) is 4.74 Å². The van der Waals surface area contributed by atoms with Crippen LogP contribution >= 0.6 is 39.0 Å². The number of aliphatic hydroxyl groups excluding tert-OH is 3. The molecular formula is C20H21BrN6O4S2. The molecule has 0 bridgehead atoms. The van der Waals surface area contributed by atoms with Gasteiger partial charge in [0.25, 0.3) is 0 Å². The van der Waals surface area contributed by atoms with Gasteiger partial charge in [-0.3, -0.25) is 4.57 Å². The number of imidazole rings is 1. The number of thiazole rings is 1. The van der Waals surface area contributed by atoms with Gasteiger partial charge < -0.3 is 25.4 Å². The number of benzene rings is 1. The zero-order valence-corrected chi connectivity index (χ0v) is 20.6. The van der Waals surface area contributed by atoms with E-state index in [-0.39, 0.29) is 6.04 Å². The standard InChI is InChI=1S/C20H21BrN6O4S2/c1-9(7-32-20-24-10-4-2-3-5-12(10)33-20)23-16-13-17(26-19(21)25-16)27(8-22-13)18-15(30)14(29)11(6-28)31-18/h2-5,8-9,11,14-15,18,28-30H,6-7H2,1H3,(H,23,25,26)/t9-,11-,14?,15?,18-/m1/s1. The number of anilines is 1. The van der Waals surface area contributed by atoms with Crippen LogP contribution in [0.2, 0.25) is 0 Å². The minimum atomic E-state index is -1.23. The molecule has 2 unspecified atom stereocenters. The maximum atomic E-state index is 10.4. The molecule has 4 heterocycles. The van der Waals surface area contributed by atoms with Crippen molar-refractivity contribution in [1.82, 2.24) is 24.5 Å². The van der Waals surface area contributed by atoms with Gasteiger partial charge in [0.2, 0.25) is 4.73 Å². The van der Waals surface area contributed by atoms with Gasteiger partial charge in [0, 0.05) is 11.8 Å². The molecule has 1 aromatic carbocycles. The smallest absolute Gasteiger partial charge is 0.200 e. The molecule has 5 atom stereocenters.